The monoisotopic (exact) mass is 293 g/mol. The van der Waals surface area contributed by atoms with Crippen LogP contribution in [0.5, 0.6) is 0 Å². The maximum absolute atomic E-state index is 12.4. The van der Waals surface area contributed by atoms with E-state index >= 15 is 0 Å². The minimum atomic E-state index is -3.59. The van der Waals surface area contributed by atoms with Gasteiger partial charge in [0.1, 0.15) is 10.7 Å². The number of hydrogen-bond acceptors (Lipinski definition) is 6. The molecule has 0 atom stereocenters. The molecule has 0 aliphatic carbocycles. The summed E-state index contributed by atoms with van der Waals surface area (Å²) in [5.41, 5.74) is 3.16. The predicted octanol–water partition coefficient (Wildman–Crippen LogP) is 0.583. The molecule has 2 aromatic rings. The number of hydrogen-bond donors (Lipinski definition) is 2. The lowest BCUT2D eigenvalue weighted by atomic mass is 10.3. The third kappa shape index (κ3) is 3.10. The Hall–Kier alpha value is -2.03. The van der Waals surface area contributed by atoms with E-state index in [0.29, 0.717) is 5.82 Å². The third-order valence-corrected chi connectivity index (χ3v) is 4.51. The van der Waals surface area contributed by atoms with E-state index in [-0.39, 0.29) is 11.4 Å². The quantitative estimate of drug-likeness (QED) is 0.618. The second-order valence-electron chi connectivity index (χ2n) is 4.15. The Labute approximate surface area is 117 Å². The molecule has 20 heavy (non-hydrogen) atoms. The molecule has 0 unspecified atom stereocenters. The smallest absolute Gasteiger partial charge is 0.244 e. The lowest BCUT2D eigenvalue weighted by Gasteiger charge is -2.17. The van der Waals surface area contributed by atoms with Crippen molar-refractivity contribution in [3.05, 3.63) is 48.4 Å². The first kappa shape index (κ1) is 14.4. The van der Waals surface area contributed by atoms with Crippen molar-refractivity contribution in [1.82, 2.24) is 14.3 Å². The zero-order valence-corrected chi connectivity index (χ0v) is 11.7. The summed E-state index contributed by atoms with van der Waals surface area (Å²) in [5.74, 6) is 5.59. The van der Waals surface area contributed by atoms with Crippen molar-refractivity contribution in [1.29, 1.82) is 0 Å². The molecule has 106 valence electrons. The van der Waals surface area contributed by atoms with Crippen LogP contribution in [0.4, 0.5) is 5.82 Å². The maximum atomic E-state index is 12.4. The van der Waals surface area contributed by atoms with Crippen LogP contribution < -0.4 is 11.3 Å². The summed E-state index contributed by atoms with van der Waals surface area (Å²) < 4.78 is 25.9. The molecule has 0 amide bonds. The average Bonchev–Trinajstić information content (AvgIpc) is 2.48. The molecule has 0 bridgehead atoms. The van der Waals surface area contributed by atoms with Crippen molar-refractivity contribution in [2.45, 2.75) is 11.4 Å². The van der Waals surface area contributed by atoms with Gasteiger partial charge in [0, 0.05) is 32.2 Å². The van der Waals surface area contributed by atoms with Gasteiger partial charge >= 0.3 is 0 Å². The zero-order chi connectivity index (χ0) is 14.6. The fraction of sp³-hybridized carbons (Fsp3) is 0.167. The minimum Gasteiger partial charge on any atom is -0.308 e. The minimum absolute atomic E-state index is 0.114. The number of nitrogens with two attached hydrogens (primary N) is 1. The molecule has 2 rings (SSSR count). The van der Waals surface area contributed by atoms with Crippen molar-refractivity contribution >= 4 is 15.8 Å². The first-order valence-electron chi connectivity index (χ1n) is 5.82. The van der Waals surface area contributed by atoms with Crippen LogP contribution in [-0.4, -0.2) is 29.7 Å². The molecule has 7 nitrogen and oxygen atoms in total. The summed E-state index contributed by atoms with van der Waals surface area (Å²) in [7, 11) is -2.08. The molecule has 8 heteroatoms. The van der Waals surface area contributed by atoms with Gasteiger partial charge in [-0.25, -0.2) is 19.2 Å². The van der Waals surface area contributed by atoms with E-state index in [1.165, 1.54) is 29.7 Å². The lowest BCUT2D eigenvalue weighted by Crippen LogP contribution is -2.26. The highest BCUT2D eigenvalue weighted by atomic mass is 32.2. The molecule has 0 aliphatic heterocycles. The summed E-state index contributed by atoms with van der Waals surface area (Å²) in [4.78, 5) is 7.97. The Bertz CT molecular complexity index is 658. The van der Waals surface area contributed by atoms with Crippen LogP contribution in [-0.2, 0) is 16.6 Å². The van der Waals surface area contributed by atoms with Gasteiger partial charge in [-0.3, -0.25) is 4.98 Å². The molecule has 0 spiro atoms. The van der Waals surface area contributed by atoms with Crippen molar-refractivity contribution in [3.8, 4) is 0 Å². The Kier molecular flexibility index (Phi) is 4.28. The van der Waals surface area contributed by atoms with Gasteiger partial charge in [0.25, 0.3) is 0 Å². The van der Waals surface area contributed by atoms with E-state index in [1.807, 2.05) is 6.07 Å². The lowest BCUT2D eigenvalue weighted by molar-refractivity contribution is 0.466. The number of sulfonamides is 1. The normalized spacial score (nSPS) is 11.6. The highest BCUT2D eigenvalue weighted by Gasteiger charge is 2.21. The summed E-state index contributed by atoms with van der Waals surface area (Å²) >= 11 is 0. The van der Waals surface area contributed by atoms with Crippen molar-refractivity contribution in [2.75, 3.05) is 12.5 Å². The number of nitrogens with one attached hydrogen (secondary N) is 1. The second kappa shape index (κ2) is 5.95. The molecule has 0 saturated carbocycles. The zero-order valence-electron chi connectivity index (χ0n) is 10.9. The molecular weight excluding hydrogens is 278 g/mol. The van der Waals surface area contributed by atoms with Crippen molar-refractivity contribution < 1.29 is 8.42 Å². The van der Waals surface area contributed by atoms with Gasteiger partial charge in [-0.1, -0.05) is 6.07 Å². The predicted molar refractivity (Wildman–Crippen MR) is 74.9 cm³/mol. The van der Waals surface area contributed by atoms with E-state index < -0.39 is 10.0 Å². The molecule has 0 radical (unpaired) electrons. The highest BCUT2D eigenvalue weighted by molar-refractivity contribution is 7.89. The van der Waals surface area contributed by atoms with Crippen LogP contribution in [0.3, 0.4) is 0 Å². The van der Waals surface area contributed by atoms with E-state index in [2.05, 4.69) is 15.4 Å². The summed E-state index contributed by atoms with van der Waals surface area (Å²) in [6, 6.07) is 6.54. The van der Waals surface area contributed by atoms with Crippen LogP contribution in [0.15, 0.2) is 47.8 Å². The second-order valence-corrected chi connectivity index (χ2v) is 6.19. The van der Waals surface area contributed by atoms with Crippen LogP contribution in [0.2, 0.25) is 0 Å². The van der Waals surface area contributed by atoms with E-state index in [4.69, 9.17) is 5.84 Å². The van der Waals surface area contributed by atoms with Crippen LogP contribution in [0.1, 0.15) is 5.56 Å². The summed E-state index contributed by atoms with van der Waals surface area (Å²) in [6.45, 7) is 0.243. The molecule has 2 aromatic heterocycles. The molecule has 0 fully saturated rings. The van der Waals surface area contributed by atoms with E-state index in [9.17, 15) is 8.42 Å². The first-order valence-corrected chi connectivity index (χ1v) is 7.26. The average molecular weight is 293 g/mol. The number of rotatable bonds is 5. The summed E-state index contributed by atoms with van der Waals surface area (Å²) in [5, 5.41) is 0. The first-order chi connectivity index (χ1) is 9.54. The molecule has 0 saturated heterocycles. The van der Waals surface area contributed by atoms with Gasteiger partial charge in [-0.15, -0.1) is 0 Å². The number of anilines is 1. The highest BCUT2D eigenvalue weighted by Crippen LogP contribution is 2.16. The molecular formula is C12H15N5O2S. The standard InChI is InChI=1S/C12H15N5O2S/c1-17(9-10-3-2-6-14-7-10)20(18,19)11-4-5-12(16-13)15-8-11/h2-8H,9,13H2,1H3,(H,15,16). The van der Waals surface area contributed by atoms with Crippen LogP contribution in [0.25, 0.3) is 0 Å². The van der Waals surface area contributed by atoms with Gasteiger partial charge in [0.15, 0.2) is 0 Å². The van der Waals surface area contributed by atoms with Gasteiger partial charge in [0.2, 0.25) is 10.0 Å². The Morgan fingerprint density at radius 3 is 2.65 bits per heavy atom. The van der Waals surface area contributed by atoms with Crippen molar-refractivity contribution in [3.63, 3.8) is 0 Å². The number of aromatic nitrogens is 2. The number of pyridine rings is 2. The van der Waals surface area contributed by atoms with Crippen LogP contribution in [0, 0.1) is 0 Å². The van der Waals surface area contributed by atoms with Gasteiger partial charge < -0.3 is 5.43 Å². The third-order valence-electron chi connectivity index (χ3n) is 2.72. The molecule has 3 N–H and O–H groups in total. The number of nitrogen functional groups attached to an aromatic ring is 1. The number of nitrogens with zero attached hydrogens (tertiary/aromatic N) is 3. The summed E-state index contributed by atoms with van der Waals surface area (Å²) in [6.07, 6.45) is 4.54. The Morgan fingerprint density at radius 1 is 1.30 bits per heavy atom. The van der Waals surface area contributed by atoms with Crippen molar-refractivity contribution in [2.24, 2.45) is 5.84 Å². The Balaban J connectivity index is 2.20. The molecule has 0 aliphatic rings. The van der Waals surface area contributed by atoms with E-state index in [1.54, 1.807) is 18.5 Å². The topological polar surface area (TPSA) is 101 Å². The Morgan fingerprint density at radius 2 is 2.10 bits per heavy atom. The number of hydrazine groups is 1. The molecule has 0 aromatic carbocycles. The van der Waals surface area contributed by atoms with Crippen LogP contribution >= 0.6 is 0 Å². The molecule has 2 heterocycles. The van der Waals surface area contributed by atoms with E-state index in [0.717, 1.165) is 5.56 Å². The maximum Gasteiger partial charge on any atom is 0.244 e. The van der Waals surface area contributed by atoms with Gasteiger partial charge in [-0.2, -0.15) is 4.31 Å². The largest absolute Gasteiger partial charge is 0.308 e. The van der Waals surface area contributed by atoms with Gasteiger partial charge in [0.05, 0.1) is 0 Å². The fourth-order valence-corrected chi connectivity index (χ4v) is 2.74. The van der Waals surface area contributed by atoms with Gasteiger partial charge in [-0.05, 0) is 23.8 Å². The fourth-order valence-electron chi connectivity index (χ4n) is 1.63. The SMILES string of the molecule is CN(Cc1cccnc1)S(=O)(=O)c1ccc(NN)nc1.